The number of halogens is 1. The third kappa shape index (κ3) is 3.74. The van der Waals surface area contributed by atoms with Crippen molar-refractivity contribution in [2.24, 2.45) is 0 Å². The Kier molecular flexibility index (Phi) is 4.63. The van der Waals surface area contributed by atoms with E-state index in [1.807, 2.05) is 0 Å². The summed E-state index contributed by atoms with van der Waals surface area (Å²) in [7, 11) is -3.82. The van der Waals surface area contributed by atoms with Crippen LogP contribution in [0.3, 0.4) is 0 Å². The summed E-state index contributed by atoms with van der Waals surface area (Å²) in [5.41, 5.74) is 1.39. The van der Waals surface area contributed by atoms with Gasteiger partial charge in [-0.15, -0.1) is 0 Å². The molecule has 0 aromatic heterocycles. The molecule has 1 saturated heterocycles. The normalized spacial score (nSPS) is 15.0. The number of nitrogens with one attached hydrogen (secondary N) is 2. The molecular weight excluding hydrogens is 345 g/mol. The minimum absolute atomic E-state index is 0.0217. The molecule has 0 atom stereocenters. The lowest BCUT2D eigenvalue weighted by molar-refractivity contribution is 0.243. The van der Waals surface area contributed by atoms with Crippen molar-refractivity contribution in [2.75, 3.05) is 22.7 Å². The number of benzene rings is 2. The van der Waals surface area contributed by atoms with Crippen LogP contribution in [-0.2, 0) is 10.0 Å². The third-order valence-corrected chi connectivity index (χ3v) is 5.48. The molecule has 2 N–H and O–H groups in total. The van der Waals surface area contributed by atoms with E-state index in [1.165, 1.54) is 19.1 Å². The standard InChI is InChI=1S/C17H18FN3O3S/c1-12-11-13(18)3-8-16(12)25(23,24)20-14-4-6-15(7-5-14)21-10-2-9-19-17(21)22/h3-8,11,20H,2,9-10H2,1H3,(H,19,22). The van der Waals surface area contributed by atoms with Crippen LogP contribution < -0.4 is 14.9 Å². The van der Waals surface area contributed by atoms with E-state index in [9.17, 15) is 17.6 Å². The minimum Gasteiger partial charge on any atom is -0.338 e. The Morgan fingerprint density at radius 1 is 1.16 bits per heavy atom. The first-order chi connectivity index (χ1) is 11.9. The number of aryl methyl sites for hydroxylation is 1. The van der Waals surface area contributed by atoms with Gasteiger partial charge in [-0.2, -0.15) is 0 Å². The lowest BCUT2D eigenvalue weighted by Gasteiger charge is -2.27. The number of carbonyl (C=O) groups excluding carboxylic acids is 1. The molecule has 0 aliphatic carbocycles. The van der Waals surface area contributed by atoms with Gasteiger partial charge < -0.3 is 5.32 Å². The summed E-state index contributed by atoms with van der Waals surface area (Å²) in [6, 6.07) is 9.90. The molecule has 0 radical (unpaired) electrons. The molecule has 1 aliphatic rings. The van der Waals surface area contributed by atoms with Crippen LogP contribution in [-0.4, -0.2) is 27.5 Å². The number of hydrogen-bond donors (Lipinski definition) is 2. The molecule has 0 unspecified atom stereocenters. The predicted octanol–water partition coefficient (Wildman–Crippen LogP) is 2.85. The Hall–Kier alpha value is -2.61. The van der Waals surface area contributed by atoms with Crippen LogP contribution in [0.5, 0.6) is 0 Å². The van der Waals surface area contributed by atoms with Crippen LogP contribution in [0.25, 0.3) is 0 Å². The smallest absolute Gasteiger partial charge is 0.321 e. The van der Waals surface area contributed by atoms with Gasteiger partial charge in [-0.05, 0) is 61.4 Å². The van der Waals surface area contributed by atoms with Crippen LogP contribution in [0.4, 0.5) is 20.6 Å². The fourth-order valence-corrected chi connectivity index (χ4v) is 4.00. The molecule has 25 heavy (non-hydrogen) atoms. The molecule has 1 fully saturated rings. The topological polar surface area (TPSA) is 78.5 Å². The molecule has 2 amide bonds. The van der Waals surface area contributed by atoms with Crippen molar-refractivity contribution in [3.05, 3.63) is 53.8 Å². The zero-order valence-corrected chi connectivity index (χ0v) is 14.4. The van der Waals surface area contributed by atoms with E-state index in [1.54, 1.807) is 29.2 Å². The van der Waals surface area contributed by atoms with Crippen LogP contribution in [0.1, 0.15) is 12.0 Å². The van der Waals surface area contributed by atoms with Gasteiger partial charge in [0.05, 0.1) is 4.90 Å². The van der Waals surface area contributed by atoms with Crippen molar-refractivity contribution < 1.29 is 17.6 Å². The highest BCUT2D eigenvalue weighted by Crippen LogP contribution is 2.23. The molecule has 0 spiro atoms. The van der Waals surface area contributed by atoms with E-state index in [-0.39, 0.29) is 10.9 Å². The van der Waals surface area contributed by atoms with Crippen molar-refractivity contribution in [3.8, 4) is 0 Å². The van der Waals surface area contributed by atoms with Gasteiger partial charge in [0, 0.05) is 24.5 Å². The summed E-state index contributed by atoms with van der Waals surface area (Å²) < 4.78 is 40.6. The van der Waals surface area contributed by atoms with Crippen molar-refractivity contribution in [2.45, 2.75) is 18.2 Å². The second kappa shape index (κ2) is 6.72. The largest absolute Gasteiger partial charge is 0.338 e. The molecule has 8 heteroatoms. The quantitative estimate of drug-likeness (QED) is 0.877. The van der Waals surface area contributed by atoms with E-state index in [0.29, 0.717) is 30.0 Å². The average molecular weight is 363 g/mol. The molecule has 0 saturated carbocycles. The zero-order valence-electron chi connectivity index (χ0n) is 13.6. The maximum atomic E-state index is 13.2. The minimum atomic E-state index is -3.82. The fraction of sp³-hybridized carbons (Fsp3) is 0.235. The maximum Gasteiger partial charge on any atom is 0.321 e. The molecule has 1 aliphatic heterocycles. The van der Waals surface area contributed by atoms with Gasteiger partial charge in [0.1, 0.15) is 5.82 Å². The number of sulfonamides is 1. The second-order valence-electron chi connectivity index (χ2n) is 5.80. The van der Waals surface area contributed by atoms with E-state index in [0.717, 1.165) is 12.5 Å². The van der Waals surface area contributed by atoms with Crippen molar-refractivity contribution >= 4 is 27.4 Å². The maximum absolute atomic E-state index is 13.2. The summed E-state index contributed by atoms with van der Waals surface area (Å²) in [5.74, 6) is -0.486. The molecule has 0 bridgehead atoms. The van der Waals surface area contributed by atoms with Gasteiger partial charge in [0.2, 0.25) is 0 Å². The van der Waals surface area contributed by atoms with E-state index < -0.39 is 15.8 Å². The highest BCUT2D eigenvalue weighted by Gasteiger charge is 2.20. The van der Waals surface area contributed by atoms with Crippen molar-refractivity contribution in [3.63, 3.8) is 0 Å². The number of urea groups is 1. The lowest BCUT2D eigenvalue weighted by atomic mass is 10.2. The Balaban J connectivity index is 1.79. The number of rotatable bonds is 4. The number of carbonyl (C=O) groups is 1. The fourth-order valence-electron chi connectivity index (χ4n) is 2.71. The Labute approximate surface area is 145 Å². The Bertz CT molecular complexity index is 898. The zero-order chi connectivity index (χ0) is 18.0. The molecule has 132 valence electrons. The predicted molar refractivity (Wildman–Crippen MR) is 93.7 cm³/mol. The molecule has 1 heterocycles. The van der Waals surface area contributed by atoms with E-state index in [2.05, 4.69) is 10.0 Å². The molecule has 3 rings (SSSR count). The molecular formula is C17H18FN3O3S. The van der Waals surface area contributed by atoms with E-state index >= 15 is 0 Å². The van der Waals surface area contributed by atoms with Gasteiger partial charge in [-0.25, -0.2) is 17.6 Å². The second-order valence-corrected chi connectivity index (χ2v) is 7.45. The summed E-state index contributed by atoms with van der Waals surface area (Å²) in [4.78, 5) is 13.5. The first-order valence-corrected chi connectivity index (χ1v) is 9.29. The van der Waals surface area contributed by atoms with Gasteiger partial charge in [-0.3, -0.25) is 9.62 Å². The summed E-state index contributed by atoms with van der Waals surface area (Å²) in [6.07, 6.45) is 0.851. The number of nitrogens with zero attached hydrogens (tertiary/aromatic N) is 1. The Morgan fingerprint density at radius 3 is 2.52 bits per heavy atom. The Morgan fingerprint density at radius 2 is 1.88 bits per heavy atom. The van der Waals surface area contributed by atoms with Crippen LogP contribution >= 0.6 is 0 Å². The molecule has 2 aromatic rings. The first-order valence-electron chi connectivity index (χ1n) is 7.81. The van der Waals surface area contributed by atoms with Gasteiger partial charge in [-0.1, -0.05) is 0 Å². The highest BCUT2D eigenvalue weighted by atomic mass is 32.2. The monoisotopic (exact) mass is 363 g/mol. The van der Waals surface area contributed by atoms with Crippen molar-refractivity contribution in [1.82, 2.24) is 5.32 Å². The van der Waals surface area contributed by atoms with Gasteiger partial charge >= 0.3 is 6.03 Å². The first kappa shape index (κ1) is 17.2. The highest BCUT2D eigenvalue weighted by molar-refractivity contribution is 7.92. The summed E-state index contributed by atoms with van der Waals surface area (Å²) in [5, 5.41) is 2.76. The third-order valence-electron chi connectivity index (χ3n) is 3.94. The van der Waals surface area contributed by atoms with Crippen LogP contribution in [0.2, 0.25) is 0 Å². The van der Waals surface area contributed by atoms with Crippen LogP contribution in [0.15, 0.2) is 47.4 Å². The number of hydrogen-bond acceptors (Lipinski definition) is 3. The molecule has 2 aromatic carbocycles. The summed E-state index contributed by atoms with van der Waals surface area (Å²) in [6.45, 7) is 2.81. The SMILES string of the molecule is Cc1cc(F)ccc1S(=O)(=O)Nc1ccc(N2CCCNC2=O)cc1. The van der Waals surface area contributed by atoms with Gasteiger partial charge in [0.25, 0.3) is 10.0 Å². The number of anilines is 2. The van der Waals surface area contributed by atoms with Crippen LogP contribution in [0, 0.1) is 12.7 Å². The lowest BCUT2D eigenvalue weighted by Crippen LogP contribution is -2.46. The van der Waals surface area contributed by atoms with E-state index in [4.69, 9.17) is 0 Å². The van der Waals surface area contributed by atoms with Crippen molar-refractivity contribution in [1.29, 1.82) is 0 Å². The average Bonchev–Trinajstić information content (AvgIpc) is 2.55. The molecule has 6 nitrogen and oxygen atoms in total. The summed E-state index contributed by atoms with van der Waals surface area (Å²) >= 11 is 0. The van der Waals surface area contributed by atoms with Gasteiger partial charge in [0.15, 0.2) is 0 Å². The number of amides is 2.